The molecule has 3 rings (SSSR count). The molecule has 1 atom stereocenters. The maximum Gasteiger partial charge on any atom is 0.319 e. The van der Waals surface area contributed by atoms with Crippen LogP contribution in [0.5, 0.6) is 0 Å². The second-order valence-electron chi connectivity index (χ2n) is 5.39. The molecule has 2 aromatic carbocycles. The van der Waals surface area contributed by atoms with Gasteiger partial charge < -0.3 is 15.5 Å². The third kappa shape index (κ3) is 3.49. The first-order valence-corrected chi connectivity index (χ1v) is 7.81. The van der Waals surface area contributed by atoms with Crippen molar-refractivity contribution in [2.45, 2.75) is 12.5 Å². The number of amides is 3. The first-order valence-electron chi connectivity index (χ1n) is 7.43. The van der Waals surface area contributed by atoms with Crippen molar-refractivity contribution >= 4 is 34.9 Å². The molecule has 24 heavy (non-hydrogen) atoms. The lowest BCUT2D eigenvalue weighted by atomic mass is 10.2. The van der Waals surface area contributed by atoms with Crippen LogP contribution in [0.1, 0.15) is 6.42 Å². The summed E-state index contributed by atoms with van der Waals surface area (Å²) in [6.45, 7) is 0.460. The lowest BCUT2D eigenvalue weighted by Gasteiger charge is -2.17. The maximum atomic E-state index is 13.0. The number of urea groups is 1. The first kappa shape index (κ1) is 16.3. The van der Waals surface area contributed by atoms with E-state index in [9.17, 15) is 14.0 Å². The van der Waals surface area contributed by atoms with Crippen LogP contribution in [0.2, 0.25) is 5.02 Å². The molecule has 0 aromatic heterocycles. The topological polar surface area (TPSA) is 61.4 Å². The van der Waals surface area contributed by atoms with Crippen LogP contribution in [-0.2, 0) is 4.79 Å². The molecular formula is C17H15ClFN3O2. The van der Waals surface area contributed by atoms with E-state index in [2.05, 4.69) is 10.6 Å². The van der Waals surface area contributed by atoms with Crippen molar-refractivity contribution < 1.29 is 14.0 Å². The average Bonchev–Trinajstić information content (AvgIpc) is 2.91. The predicted octanol–water partition coefficient (Wildman–Crippen LogP) is 3.41. The second kappa shape index (κ2) is 6.88. The van der Waals surface area contributed by atoms with E-state index in [1.54, 1.807) is 36.4 Å². The van der Waals surface area contributed by atoms with E-state index in [1.165, 1.54) is 17.0 Å². The number of halogens is 2. The van der Waals surface area contributed by atoms with E-state index in [-0.39, 0.29) is 11.7 Å². The van der Waals surface area contributed by atoms with Gasteiger partial charge >= 0.3 is 6.03 Å². The molecule has 3 amide bonds. The van der Waals surface area contributed by atoms with Gasteiger partial charge in [-0.05, 0) is 42.8 Å². The number of para-hydroxylation sites is 1. The fourth-order valence-corrected chi connectivity index (χ4v) is 2.75. The number of hydrogen-bond acceptors (Lipinski definition) is 2. The van der Waals surface area contributed by atoms with Gasteiger partial charge in [-0.25, -0.2) is 9.18 Å². The van der Waals surface area contributed by atoms with E-state index in [0.717, 1.165) is 0 Å². The summed E-state index contributed by atoms with van der Waals surface area (Å²) in [4.78, 5) is 26.0. The van der Waals surface area contributed by atoms with E-state index < -0.39 is 12.1 Å². The summed E-state index contributed by atoms with van der Waals surface area (Å²) in [5.74, 6) is -0.588. The quantitative estimate of drug-likeness (QED) is 0.893. The highest BCUT2D eigenvalue weighted by Crippen LogP contribution is 2.23. The van der Waals surface area contributed by atoms with Gasteiger partial charge in [-0.2, -0.15) is 0 Å². The molecule has 0 aliphatic carbocycles. The maximum absolute atomic E-state index is 13.0. The molecule has 2 N–H and O–H groups in total. The molecule has 0 spiro atoms. The summed E-state index contributed by atoms with van der Waals surface area (Å²) < 4.78 is 13.0. The molecule has 0 radical (unpaired) electrons. The number of benzene rings is 2. The summed E-state index contributed by atoms with van der Waals surface area (Å²) in [5.41, 5.74) is 1.08. The predicted molar refractivity (Wildman–Crippen MR) is 90.8 cm³/mol. The highest BCUT2D eigenvalue weighted by Gasteiger charge is 2.33. The molecule has 1 aliphatic heterocycles. The Morgan fingerprint density at radius 1 is 1.17 bits per heavy atom. The molecule has 1 aliphatic rings. The van der Waals surface area contributed by atoms with E-state index >= 15 is 0 Å². The van der Waals surface area contributed by atoms with Gasteiger partial charge in [0, 0.05) is 12.2 Å². The van der Waals surface area contributed by atoms with E-state index in [4.69, 9.17) is 11.6 Å². The lowest BCUT2D eigenvalue weighted by molar-refractivity contribution is -0.118. The number of anilines is 2. The lowest BCUT2D eigenvalue weighted by Crippen LogP contribution is -2.43. The Balaban J connectivity index is 1.62. The largest absolute Gasteiger partial charge is 0.326 e. The summed E-state index contributed by atoms with van der Waals surface area (Å²) in [7, 11) is 0. The van der Waals surface area contributed by atoms with Crippen LogP contribution in [0.3, 0.4) is 0 Å². The minimum absolute atomic E-state index is 0.226. The molecule has 5 nitrogen and oxygen atoms in total. The molecule has 1 saturated heterocycles. The SMILES string of the molecule is O=C(Nc1ccccc1Cl)N[C@@H]1CCN(c2ccc(F)cc2)C1=O. The molecule has 7 heteroatoms. The third-order valence-corrected chi connectivity index (χ3v) is 4.10. The highest BCUT2D eigenvalue weighted by atomic mass is 35.5. The molecule has 1 fully saturated rings. The van der Waals surface area contributed by atoms with Crippen molar-refractivity contribution in [3.63, 3.8) is 0 Å². The Labute approximate surface area is 143 Å². The molecule has 1 heterocycles. The van der Waals surface area contributed by atoms with E-state index in [1.807, 2.05) is 0 Å². The number of nitrogens with one attached hydrogen (secondary N) is 2. The fourth-order valence-electron chi connectivity index (χ4n) is 2.57. The Hall–Kier alpha value is -2.60. The monoisotopic (exact) mass is 347 g/mol. The van der Waals surface area contributed by atoms with Crippen LogP contribution in [0.15, 0.2) is 48.5 Å². The van der Waals surface area contributed by atoms with Gasteiger partial charge in [-0.1, -0.05) is 23.7 Å². The number of rotatable bonds is 3. The smallest absolute Gasteiger partial charge is 0.319 e. The molecule has 124 valence electrons. The van der Waals surface area contributed by atoms with Crippen LogP contribution in [-0.4, -0.2) is 24.5 Å². The van der Waals surface area contributed by atoms with Gasteiger partial charge in [-0.15, -0.1) is 0 Å². The van der Waals surface area contributed by atoms with Crippen molar-refractivity contribution in [1.29, 1.82) is 0 Å². The minimum atomic E-state index is -0.627. The molecular weight excluding hydrogens is 333 g/mol. The molecule has 0 unspecified atom stereocenters. The van der Waals surface area contributed by atoms with Gasteiger partial charge in [0.05, 0.1) is 10.7 Å². The zero-order chi connectivity index (χ0) is 17.1. The minimum Gasteiger partial charge on any atom is -0.326 e. The Bertz CT molecular complexity index is 767. The van der Waals surface area contributed by atoms with Gasteiger partial charge in [0.2, 0.25) is 5.91 Å². The Kier molecular flexibility index (Phi) is 4.66. The normalized spacial score (nSPS) is 17.0. The van der Waals surface area contributed by atoms with Crippen molar-refractivity contribution in [3.05, 3.63) is 59.4 Å². The van der Waals surface area contributed by atoms with Gasteiger partial charge in [0.15, 0.2) is 0 Å². The van der Waals surface area contributed by atoms with Crippen molar-refractivity contribution in [2.75, 3.05) is 16.8 Å². The van der Waals surface area contributed by atoms with Crippen LogP contribution < -0.4 is 15.5 Å². The highest BCUT2D eigenvalue weighted by molar-refractivity contribution is 6.33. The second-order valence-corrected chi connectivity index (χ2v) is 5.79. The number of carbonyl (C=O) groups is 2. The summed E-state index contributed by atoms with van der Waals surface area (Å²) >= 11 is 5.98. The van der Waals surface area contributed by atoms with Crippen LogP contribution in [0, 0.1) is 5.82 Å². The standard InChI is InChI=1S/C17H15ClFN3O2/c18-13-3-1-2-4-14(13)20-17(24)21-15-9-10-22(16(15)23)12-7-5-11(19)6-8-12/h1-8,15H,9-10H2,(H2,20,21,24)/t15-/m1/s1. The van der Waals surface area contributed by atoms with Gasteiger partial charge in [0.1, 0.15) is 11.9 Å². The Morgan fingerprint density at radius 3 is 2.58 bits per heavy atom. The summed E-state index contributed by atoms with van der Waals surface area (Å²) in [5, 5.41) is 5.67. The van der Waals surface area contributed by atoms with Crippen molar-refractivity contribution in [2.24, 2.45) is 0 Å². The van der Waals surface area contributed by atoms with E-state index in [0.29, 0.717) is 29.4 Å². The van der Waals surface area contributed by atoms with Gasteiger partial charge in [0.25, 0.3) is 0 Å². The number of nitrogens with zero attached hydrogens (tertiary/aromatic N) is 1. The molecule has 2 aromatic rings. The number of carbonyl (C=O) groups excluding carboxylic acids is 2. The first-order chi connectivity index (χ1) is 11.5. The summed E-state index contributed by atoms with van der Waals surface area (Å²) in [6.07, 6.45) is 0.478. The van der Waals surface area contributed by atoms with Crippen LogP contribution in [0.25, 0.3) is 0 Å². The summed E-state index contributed by atoms with van der Waals surface area (Å²) in [6, 6.07) is 11.4. The van der Waals surface area contributed by atoms with Crippen LogP contribution >= 0.6 is 11.6 Å². The van der Waals surface area contributed by atoms with Crippen LogP contribution in [0.4, 0.5) is 20.6 Å². The molecule has 0 saturated carbocycles. The van der Waals surface area contributed by atoms with Crippen molar-refractivity contribution in [1.82, 2.24) is 5.32 Å². The number of hydrogen-bond donors (Lipinski definition) is 2. The zero-order valence-electron chi connectivity index (χ0n) is 12.6. The zero-order valence-corrected chi connectivity index (χ0v) is 13.4. The fraction of sp³-hybridized carbons (Fsp3) is 0.176. The van der Waals surface area contributed by atoms with Gasteiger partial charge in [-0.3, -0.25) is 4.79 Å². The van der Waals surface area contributed by atoms with Crippen molar-refractivity contribution in [3.8, 4) is 0 Å². The average molecular weight is 348 g/mol. The molecule has 0 bridgehead atoms. The Morgan fingerprint density at radius 2 is 1.88 bits per heavy atom. The third-order valence-electron chi connectivity index (χ3n) is 3.77.